The molecule has 1 aromatic heterocycles. The Morgan fingerprint density at radius 1 is 0.939 bits per heavy atom. The van der Waals surface area contributed by atoms with Crippen LogP contribution < -0.4 is 15.0 Å². The standard InChI is InChI=1S/C26H31N5O2/c1-19-14-20(2-4-23(19)30-8-6-27-7-9-30)21-3-5-24-25(15-21)33-18-26-28-22(17-31(24)26)16-29-10-12-32-13-11-29/h2-5,14-15,17,27H,6-13,16,18H2,1H3. The van der Waals surface area contributed by atoms with Gasteiger partial charge in [0.25, 0.3) is 0 Å². The number of nitrogens with zero attached hydrogens (tertiary/aromatic N) is 4. The molecule has 2 saturated heterocycles. The molecule has 3 aliphatic heterocycles. The summed E-state index contributed by atoms with van der Waals surface area (Å²) in [5.74, 6) is 1.88. The van der Waals surface area contributed by atoms with Crippen molar-refractivity contribution in [2.24, 2.45) is 0 Å². The minimum absolute atomic E-state index is 0.501. The first-order valence-corrected chi connectivity index (χ1v) is 12.0. The van der Waals surface area contributed by atoms with Gasteiger partial charge in [0, 0.05) is 57.7 Å². The van der Waals surface area contributed by atoms with Gasteiger partial charge in [-0.2, -0.15) is 0 Å². The Kier molecular flexibility index (Phi) is 5.54. The van der Waals surface area contributed by atoms with E-state index in [1.54, 1.807) is 0 Å². The molecular formula is C26H31N5O2. The maximum absolute atomic E-state index is 6.13. The number of benzene rings is 2. The fourth-order valence-corrected chi connectivity index (χ4v) is 5.09. The predicted octanol–water partition coefficient (Wildman–Crippen LogP) is 2.98. The molecule has 0 aliphatic carbocycles. The molecule has 4 heterocycles. The number of nitrogens with one attached hydrogen (secondary N) is 1. The number of fused-ring (bicyclic) bond motifs is 3. The summed E-state index contributed by atoms with van der Waals surface area (Å²) in [6.07, 6.45) is 2.16. The van der Waals surface area contributed by atoms with Crippen LogP contribution >= 0.6 is 0 Å². The molecule has 2 aromatic carbocycles. The number of aryl methyl sites for hydroxylation is 1. The third kappa shape index (κ3) is 4.12. The second kappa shape index (κ2) is 8.82. The Balaban J connectivity index is 1.24. The van der Waals surface area contributed by atoms with E-state index in [4.69, 9.17) is 14.5 Å². The molecule has 3 aromatic rings. The molecule has 172 valence electrons. The van der Waals surface area contributed by atoms with Gasteiger partial charge in [0.05, 0.1) is 24.6 Å². The number of anilines is 1. The first-order valence-electron chi connectivity index (χ1n) is 12.0. The lowest BCUT2D eigenvalue weighted by molar-refractivity contribution is 0.0337. The highest BCUT2D eigenvalue weighted by molar-refractivity contribution is 5.72. The van der Waals surface area contributed by atoms with Crippen molar-refractivity contribution in [2.75, 3.05) is 57.4 Å². The average Bonchev–Trinajstić information content (AvgIpc) is 3.27. The number of hydrogen-bond acceptors (Lipinski definition) is 6. The Labute approximate surface area is 194 Å². The average molecular weight is 446 g/mol. The largest absolute Gasteiger partial charge is 0.483 e. The molecule has 0 bridgehead atoms. The van der Waals surface area contributed by atoms with Crippen molar-refractivity contribution in [3.63, 3.8) is 0 Å². The van der Waals surface area contributed by atoms with Gasteiger partial charge < -0.3 is 19.7 Å². The molecule has 6 rings (SSSR count). The van der Waals surface area contributed by atoms with Crippen molar-refractivity contribution in [3.05, 3.63) is 59.7 Å². The van der Waals surface area contributed by atoms with Crippen molar-refractivity contribution in [3.8, 4) is 22.6 Å². The van der Waals surface area contributed by atoms with Crippen LogP contribution in [0.25, 0.3) is 16.8 Å². The second-order valence-corrected chi connectivity index (χ2v) is 9.12. The monoisotopic (exact) mass is 445 g/mol. The molecule has 2 fully saturated rings. The zero-order chi connectivity index (χ0) is 22.2. The first-order chi connectivity index (χ1) is 16.2. The third-order valence-electron chi connectivity index (χ3n) is 6.88. The zero-order valence-electron chi connectivity index (χ0n) is 19.2. The van der Waals surface area contributed by atoms with Gasteiger partial charge in [-0.05, 0) is 47.9 Å². The van der Waals surface area contributed by atoms with Crippen molar-refractivity contribution in [1.82, 2.24) is 19.8 Å². The molecule has 1 N–H and O–H groups in total. The van der Waals surface area contributed by atoms with Gasteiger partial charge in [-0.25, -0.2) is 4.98 Å². The third-order valence-corrected chi connectivity index (χ3v) is 6.88. The number of ether oxygens (including phenoxy) is 2. The molecule has 7 heteroatoms. The second-order valence-electron chi connectivity index (χ2n) is 9.12. The van der Waals surface area contributed by atoms with E-state index in [2.05, 4.69) is 69.2 Å². The van der Waals surface area contributed by atoms with Crippen molar-refractivity contribution in [1.29, 1.82) is 0 Å². The molecule has 7 nitrogen and oxygen atoms in total. The van der Waals surface area contributed by atoms with Gasteiger partial charge in [-0.3, -0.25) is 9.47 Å². The Hall–Kier alpha value is -2.87. The summed E-state index contributed by atoms with van der Waals surface area (Å²) in [5.41, 5.74) is 7.22. The van der Waals surface area contributed by atoms with Gasteiger partial charge in [-0.1, -0.05) is 12.1 Å². The van der Waals surface area contributed by atoms with E-state index in [1.165, 1.54) is 22.4 Å². The van der Waals surface area contributed by atoms with Gasteiger partial charge in [-0.15, -0.1) is 0 Å². The van der Waals surface area contributed by atoms with E-state index >= 15 is 0 Å². The number of aromatic nitrogens is 2. The number of morpholine rings is 1. The van der Waals surface area contributed by atoms with Crippen LogP contribution in [0.2, 0.25) is 0 Å². The summed E-state index contributed by atoms with van der Waals surface area (Å²) in [6, 6.07) is 13.3. The number of rotatable bonds is 4. The summed E-state index contributed by atoms with van der Waals surface area (Å²) in [6.45, 7) is 11.3. The Bertz CT molecular complexity index is 1150. The van der Waals surface area contributed by atoms with Crippen LogP contribution in [0.3, 0.4) is 0 Å². The van der Waals surface area contributed by atoms with E-state index in [1.807, 2.05) is 0 Å². The summed E-state index contributed by atoms with van der Waals surface area (Å²) in [5, 5.41) is 3.43. The van der Waals surface area contributed by atoms with Crippen LogP contribution in [0, 0.1) is 6.92 Å². The van der Waals surface area contributed by atoms with Crippen LogP contribution in [0.4, 0.5) is 5.69 Å². The summed E-state index contributed by atoms with van der Waals surface area (Å²) in [4.78, 5) is 9.71. The topological polar surface area (TPSA) is 54.8 Å². The number of piperazine rings is 1. The number of imidazole rings is 1. The molecule has 3 aliphatic rings. The highest BCUT2D eigenvalue weighted by Crippen LogP contribution is 2.35. The predicted molar refractivity (Wildman–Crippen MR) is 129 cm³/mol. The highest BCUT2D eigenvalue weighted by atomic mass is 16.5. The van der Waals surface area contributed by atoms with Crippen LogP contribution in [-0.4, -0.2) is 66.9 Å². The normalized spacial score (nSPS) is 18.5. The molecule has 0 saturated carbocycles. The summed E-state index contributed by atoms with van der Waals surface area (Å²) >= 11 is 0. The maximum atomic E-state index is 6.13. The SMILES string of the molecule is Cc1cc(-c2ccc3c(c2)OCc2nc(CN4CCOCC4)cn2-3)ccc1N1CCNCC1. The van der Waals surface area contributed by atoms with E-state index in [0.29, 0.717) is 6.61 Å². The number of hydrogen-bond donors (Lipinski definition) is 1. The van der Waals surface area contributed by atoms with Gasteiger partial charge in [0.2, 0.25) is 0 Å². The van der Waals surface area contributed by atoms with Gasteiger partial charge in [0.15, 0.2) is 5.82 Å². The molecule has 0 atom stereocenters. The lowest BCUT2D eigenvalue weighted by Crippen LogP contribution is -2.43. The quantitative estimate of drug-likeness (QED) is 0.667. The fourth-order valence-electron chi connectivity index (χ4n) is 5.09. The van der Waals surface area contributed by atoms with E-state index < -0.39 is 0 Å². The Morgan fingerprint density at radius 3 is 2.48 bits per heavy atom. The van der Waals surface area contributed by atoms with Crippen LogP contribution in [0.1, 0.15) is 17.1 Å². The van der Waals surface area contributed by atoms with Crippen molar-refractivity contribution in [2.45, 2.75) is 20.1 Å². The molecule has 0 radical (unpaired) electrons. The first kappa shape index (κ1) is 20.7. The van der Waals surface area contributed by atoms with Crippen molar-refractivity contribution < 1.29 is 9.47 Å². The molecule has 33 heavy (non-hydrogen) atoms. The molecule has 0 spiro atoms. The van der Waals surface area contributed by atoms with E-state index in [-0.39, 0.29) is 0 Å². The van der Waals surface area contributed by atoms with E-state index in [9.17, 15) is 0 Å². The van der Waals surface area contributed by atoms with Crippen LogP contribution in [0.15, 0.2) is 42.6 Å². The minimum Gasteiger partial charge on any atom is -0.483 e. The summed E-state index contributed by atoms with van der Waals surface area (Å²) in [7, 11) is 0. The zero-order valence-corrected chi connectivity index (χ0v) is 19.2. The van der Waals surface area contributed by atoms with Crippen LogP contribution in [0.5, 0.6) is 5.75 Å². The lowest BCUT2D eigenvalue weighted by Gasteiger charge is -2.31. The molecule has 0 unspecified atom stereocenters. The van der Waals surface area contributed by atoms with Crippen molar-refractivity contribution >= 4 is 5.69 Å². The maximum Gasteiger partial charge on any atom is 0.151 e. The van der Waals surface area contributed by atoms with Crippen LogP contribution in [-0.2, 0) is 17.9 Å². The minimum atomic E-state index is 0.501. The fraction of sp³-hybridized carbons (Fsp3) is 0.423. The molecular weight excluding hydrogens is 414 g/mol. The van der Waals surface area contributed by atoms with Gasteiger partial charge in [0.1, 0.15) is 12.4 Å². The van der Waals surface area contributed by atoms with Gasteiger partial charge >= 0.3 is 0 Å². The smallest absolute Gasteiger partial charge is 0.151 e. The lowest BCUT2D eigenvalue weighted by atomic mass is 10.0. The highest BCUT2D eigenvalue weighted by Gasteiger charge is 2.22. The van der Waals surface area contributed by atoms with E-state index in [0.717, 1.165) is 82.0 Å². The molecule has 0 amide bonds. The summed E-state index contributed by atoms with van der Waals surface area (Å²) < 4.78 is 13.8. The Morgan fingerprint density at radius 2 is 1.70 bits per heavy atom.